The first-order valence-electron chi connectivity index (χ1n) is 7.47. The number of carbonyl (C=O) groups excluding carboxylic acids is 2. The number of hydrogen-bond acceptors (Lipinski definition) is 2. The van der Waals surface area contributed by atoms with Crippen LogP contribution in [0.1, 0.15) is 38.3 Å². The Morgan fingerprint density at radius 3 is 2.48 bits per heavy atom. The lowest BCUT2D eigenvalue weighted by Crippen LogP contribution is -2.37. The van der Waals surface area contributed by atoms with Gasteiger partial charge in [0.2, 0.25) is 11.8 Å². The lowest BCUT2D eigenvalue weighted by molar-refractivity contribution is -0.130. The zero-order valence-electron chi connectivity index (χ0n) is 13.5. The normalized spacial score (nSPS) is 10.5. The van der Waals surface area contributed by atoms with Crippen molar-refractivity contribution in [2.45, 2.75) is 40.7 Å². The van der Waals surface area contributed by atoms with E-state index in [0.717, 1.165) is 5.56 Å². The summed E-state index contributed by atoms with van der Waals surface area (Å²) in [4.78, 5) is 25.1. The number of benzene rings is 1. The number of aryl methyl sites for hydroxylation is 1. The van der Waals surface area contributed by atoms with Gasteiger partial charge in [0.1, 0.15) is 0 Å². The average molecular weight is 290 g/mol. The molecule has 0 spiro atoms. The maximum absolute atomic E-state index is 11.7. The summed E-state index contributed by atoms with van der Waals surface area (Å²) < 4.78 is 0. The van der Waals surface area contributed by atoms with Crippen LogP contribution in [0.3, 0.4) is 0 Å². The van der Waals surface area contributed by atoms with Crippen LogP contribution in [-0.2, 0) is 16.1 Å². The number of carbonyl (C=O) groups is 2. The summed E-state index contributed by atoms with van der Waals surface area (Å²) in [6, 6.07) is 8.04. The van der Waals surface area contributed by atoms with Gasteiger partial charge in [-0.1, -0.05) is 38.1 Å². The van der Waals surface area contributed by atoms with Gasteiger partial charge in [-0.15, -0.1) is 0 Å². The van der Waals surface area contributed by atoms with Crippen LogP contribution in [0.2, 0.25) is 0 Å². The van der Waals surface area contributed by atoms with E-state index in [1.165, 1.54) is 5.56 Å². The molecular weight excluding hydrogens is 264 g/mol. The first-order chi connectivity index (χ1) is 9.90. The molecule has 0 unspecified atom stereocenters. The molecule has 2 amide bonds. The third-order valence-corrected chi connectivity index (χ3v) is 3.37. The number of nitrogens with one attached hydrogen (secondary N) is 1. The van der Waals surface area contributed by atoms with Crippen LogP contribution >= 0.6 is 0 Å². The van der Waals surface area contributed by atoms with Gasteiger partial charge in [0.25, 0.3) is 0 Å². The fraction of sp³-hybridized carbons (Fsp3) is 0.529. The van der Waals surface area contributed by atoms with E-state index in [0.29, 0.717) is 32.0 Å². The molecule has 0 aliphatic carbocycles. The summed E-state index contributed by atoms with van der Waals surface area (Å²) in [5.41, 5.74) is 2.31. The van der Waals surface area contributed by atoms with Crippen molar-refractivity contribution in [1.29, 1.82) is 0 Å². The van der Waals surface area contributed by atoms with E-state index in [4.69, 9.17) is 0 Å². The second kappa shape index (κ2) is 8.45. The van der Waals surface area contributed by atoms with E-state index in [-0.39, 0.29) is 11.8 Å². The van der Waals surface area contributed by atoms with Crippen molar-refractivity contribution < 1.29 is 9.59 Å². The van der Waals surface area contributed by atoms with Gasteiger partial charge in [0, 0.05) is 33.0 Å². The summed E-state index contributed by atoms with van der Waals surface area (Å²) in [6.45, 7) is 9.25. The van der Waals surface area contributed by atoms with Gasteiger partial charge >= 0.3 is 0 Å². The molecule has 0 aliphatic heterocycles. The summed E-state index contributed by atoms with van der Waals surface area (Å²) in [5.74, 6) is 0.418. The first-order valence-corrected chi connectivity index (χ1v) is 7.47. The molecule has 116 valence electrons. The molecule has 4 nitrogen and oxygen atoms in total. The standard InChI is InChI=1S/C17H26N2O2/c1-13(2)11-17(21)18-9-10-19(15(4)20)12-16-8-6-5-7-14(16)3/h5-8,13H,9-12H2,1-4H3,(H,18,21). The Hall–Kier alpha value is -1.84. The highest BCUT2D eigenvalue weighted by Gasteiger charge is 2.11. The minimum absolute atomic E-state index is 0.0244. The molecule has 0 heterocycles. The fourth-order valence-electron chi connectivity index (χ4n) is 2.11. The Labute approximate surface area is 127 Å². The van der Waals surface area contributed by atoms with Crippen molar-refractivity contribution >= 4 is 11.8 Å². The highest BCUT2D eigenvalue weighted by Crippen LogP contribution is 2.10. The number of rotatable bonds is 7. The molecule has 4 heteroatoms. The van der Waals surface area contributed by atoms with E-state index in [1.54, 1.807) is 11.8 Å². The maximum atomic E-state index is 11.7. The molecule has 1 N–H and O–H groups in total. The van der Waals surface area contributed by atoms with Crippen LogP contribution in [-0.4, -0.2) is 29.8 Å². The van der Waals surface area contributed by atoms with Crippen molar-refractivity contribution in [3.63, 3.8) is 0 Å². The molecule has 1 aromatic rings. The van der Waals surface area contributed by atoms with Gasteiger partial charge < -0.3 is 10.2 Å². The Bertz CT molecular complexity index is 483. The quantitative estimate of drug-likeness (QED) is 0.839. The molecule has 1 aromatic carbocycles. The fourth-order valence-corrected chi connectivity index (χ4v) is 2.11. The third-order valence-electron chi connectivity index (χ3n) is 3.37. The smallest absolute Gasteiger partial charge is 0.220 e. The topological polar surface area (TPSA) is 49.4 Å². The van der Waals surface area contributed by atoms with Crippen LogP contribution in [0.4, 0.5) is 0 Å². The van der Waals surface area contributed by atoms with Crippen molar-refractivity contribution in [2.75, 3.05) is 13.1 Å². The van der Waals surface area contributed by atoms with Crippen molar-refractivity contribution in [3.05, 3.63) is 35.4 Å². The predicted octanol–water partition coefficient (Wildman–Crippen LogP) is 2.51. The average Bonchev–Trinajstić information content (AvgIpc) is 2.38. The number of hydrogen-bond donors (Lipinski definition) is 1. The largest absolute Gasteiger partial charge is 0.354 e. The molecular formula is C17H26N2O2. The van der Waals surface area contributed by atoms with Gasteiger partial charge in [-0.2, -0.15) is 0 Å². The van der Waals surface area contributed by atoms with Gasteiger partial charge in [-0.05, 0) is 24.0 Å². The zero-order valence-corrected chi connectivity index (χ0v) is 13.5. The van der Waals surface area contributed by atoms with Crippen molar-refractivity contribution in [2.24, 2.45) is 5.92 Å². The molecule has 0 saturated carbocycles. The molecule has 0 saturated heterocycles. The van der Waals surface area contributed by atoms with E-state index in [9.17, 15) is 9.59 Å². The molecule has 0 atom stereocenters. The van der Waals surface area contributed by atoms with Gasteiger partial charge in [-0.3, -0.25) is 9.59 Å². The summed E-state index contributed by atoms with van der Waals surface area (Å²) in [5, 5.41) is 2.87. The zero-order chi connectivity index (χ0) is 15.8. The van der Waals surface area contributed by atoms with E-state index in [1.807, 2.05) is 45.0 Å². The Morgan fingerprint density at radius 2 is 1.90 bits per heavy atom. The van der Waals surface area contributed by atoms with E-state index < -0.39 is 0 Å². The van der Waals surface area contributed by atoms with Crippen LogP contribution in [0.5, 0.6) is 0 Å². The minimum Gasteiger partial charge on any atom is -0.354 e. The second-order valence-electron chi connectivity index (χ2n) is 5.81. The minimum atomic E-state index is 0.0244. The van der Waals surface area contributed by atoms with Gasteiger partial charge in [0.05, 0.1) is 0 Å². The van der Waals surface area contributed by atoms with Crippen molar-refractivity contribution in [1.82, 2.24) is 10.2 Å². The lowest BCUT2D eigenvalue weighted by Gasteiger charge is -2.22. The molecule has 1 rings (SSSR count). The molecule has 0 aromatic heterocycles. The third kappa shape index (κ3) is 6.43. The highest BCUT2D eigenvalue weighted by atomic mass is 16.2. The molecule has 0 aliphatic rings. The monoisotopic (exact) mass is 290 g/mol. The number of nitrogens with zero attached hydrogens (tertiary/aromatic N) is 1. The molecule has 0 radical (unpaired) electrons. The summed E-state index contributed by atoms with van der Waals surface area (Å²) in [7, 11) is 0. The first kappa shape index (κ1) is 17.2. The SMILES string of the molecule is CC(=O)N(CCNC(=O)CC(C)C)Cc1ccccc1C. The molecule has 21 heavy (non-hydrogen) atoms. The Morgan fingerprint density at radius 1 is 1.24 bits per heavy atom. The van der Waals surface area contributed by atoms with E-state index >= 15 is 0 Å². The molecule has 0 bridgehead atoms. The van der Waals surface area contributed by atoms with Crippen molar-refractivity contribution in [3.8, 4) is 0 Å². The second-order valence-corrected chi connectivity index (χ2v) is 5.81. The Balaban J connectivity index is 2.50. The van der Waals surface area contributed by atoms with Crippen LogP contribution in [0.15, 0.2) is 24.3 Å². The van der Waals surface area contributed by atoms with Gasteiger partial charge in [0.15, 0.2) is 0 Å². The van der Waals surface area contributed by atoms with Gasteiger partial charge in [-0.25, -0.2) is 0 Å². The highest BCUT2D eigenvalue weighted by molar-refractivity contribution is 5.76. The predicted molar refractivity (Wildman–Crippen MR) is 84.7 cm³/mol. The molecule has 0 fully saturated rings. The number of amides is 2. The van der Waals surface area contributed by atoms with Crippen LogP contribution in [0.25, 0.3) is 0 Å². The summed E-state index contributed by atoms with van der Waals surface area (Å²) >= 11 is 0. The van der Waals surface area contributed by atoms with E-state index in [2.05, 4.69) is 5.32 Å². The summed E-state index contributed by atoms with van der Waals surface area (Å²) in [6.07, 6.45) is 0.526. The van der Waals surface area contributed by atoms with Crippen LogP contribution < -0.4 is 5.32 Å². The maximum Gasteiger partial charge on any atom is 0.220 e. The Kier molecular flexibility index (Phi) is 6.92. The lowest BCUT2D eigenvalue weighted by atomic mass is 10.1. The van der Waals surface area contributed by atoms with Crippen LogP contribution in [0, 0.1) is 12.8 Å².